The zero-order chi connectivity index (χ0) is 13.2. The summed E-state index contributed by atoms with van der Waals surface area (Å²) < 4.78 is 5.52. The van der Waals surface area contributed by atoms with Crippen LogP contribution in [0.25, 0.3) is 0 Å². The lowest BCUT2D eigenvalue weighted by atomic mass is 9.85. The van der Waals surface area contributed by atoms with E-state index in [0.29, 0.717) is 6.04 Å². The Bertz CT molecular complexity index is 324. The molecule has 0 saturated carbocycles. The molecule has 1 rings (SSSR count). The first-order valence-corrected chi connectivity index (χ1v) is 6.26. The molecule has 0 bridgehead atoms. The molecule has 0 aliphatic carbocycles. The maximum Gasteiger partial charge on any atom is 0.122 e. The fourth-order valence-electron chi connectivity index (χ4n) is 2.14. The zero-order valence-corrected chi connectivity index (χ0v) is 11.9. The van der Waals surface area contributed by atoms with Gasteiger partial charge in [-0.15, -0.1) is 0 Å². The molecule has 3 unspecified atom stereocenters. The lowest BCUT2D eigenvalue weighted by molar-refractivity contribution is 0.0758. The van der Waals surface area contributed by atoms with Gasteiger partial charge < -0.3 is 10.2 Å². The van der Waals surface area contributed by atoms with Gasteiger partial charge in [0.25, 0.3) is 0 Å². The Labute approximate surface area is 105 Å². The van der Waals surface area contributed by atoms with Crippen molar-refractivity contribution in [2.45, 2.75) is 52.7 Å². The first-order chi connectivity index (χ1) is 7.75. The summed E-state index contributed by atoms with van der Waals surface area (Å²) in [7, 11) is 2.12. The van der Waals surface area contributed by atoms with Crippen molar-refractivity contribution in [1.82, 2.24) is 4.90 Å². The summed E-state index contributed by atoms with van der Waals surface area (Å²) in [5.41, 5.74) is 6.32. The average molecular weight is 238 g/mol. The number of hydrogen-bond acceptors (Lipinski definition) is 3. The molecular weight excluding hydrogens is 212 g/mol. The number of nitrogens with two attached hydrogens (primary N) is 1. The SMILES string of the molecule is CC(N)C(c1ccco1)N(C)C(C)C(C)(C)C. The van der Waals surface area contributed by atoms with Gasteiger partial charge in [0.2, 0.25) is 0 Å². The first kappa shape index (κ1) is 14.3. The number of rotatable bonds is 4. The topological polar surface area (TPSA) is 42.4 Å². The van der Waals surface area contributed by atoms with Crippen LogP contribution in [0.2, 0.25) is 0 Å². The number of nitrogens with zero attached hydrogens (tertiary/aromatic N) is 1. The summed E-state index contributed by atoms with van der Waals surface area (Å²) >= 11 is 0. The number of furan rings is 1. The average Bonchev–Trinajstić information content (AvgIpc) is 2.67. The summed E-state index contributed by atoms with van der Waals surface area (Å²) in [6.45, 7) is 11.0. The molecule has 1 aromatic rings. The second kappa shape index (κ2) is 5.23. The van der Waals surface area contributed by atoms with Crippen molar-refractivity contribution in [2.75, 3.05) is 7.05 Å². The zero-order valence-electron chi connectivity index (χ0n) is 11.9. The van der Waals surface area contributed by atoms with E-state index < -0.39 is 0 Å². The van der Waals surface area contributed by atoms with Gasteiger partial charge in [0.15, 0.2) is 0 Å². The molecule has 3 nitrogen and oxygen atoms in total. The molecule has 98 valence electrons. The van der Waals surface area contributed by atoms with E-state index in [0.717, 1.165) is 5.76 Å². The van der Waals surface area contributed by atoms with Crippen LogP contribution in [0, 0.1) is 5.41 Å². The standard InChI is InChI=1S/C14H26N2O/c1-10(15)13(12-8-7-9-17-12)16(6)11(2)14(3,4)5/h7-11,13H,15H2,1-6H3. The molecule has 0 spiro atoms. The van der Waals surface area contributed by atoms with E-state index in [1.165, 1.54) is 0 Å². The summed E-state index contributed by atoms with van der Waals surface area (Å²) in [5.74, 6) is 0.943. The highest BCUT2D eigenvalue weighted by molar-refractivity contribution is 5.08. The molecule has 3 heteroatoms. The molecule has 0 aromatic carbocycles. The Kier molecular flexibility index (Phi) is 4.39. The lowest BCUT2D eigenvalue weighted by Gasteiger charge is -2.40. The van der Waals surface area contributed by atoms with Gasteiger partial charge in [-0.05, 0) is 38.4 Å². The van der Waals surface area contributed by atoms with Crippen LogP contribution in [0.3, 0.4) is 0 Å². The summed E-state index contributed by atoms with van der Waals surface area (Å²) in [4.78, 5) is 2.31. The molecule has 0 radical (unpaired) electrons. The van der Waals surface area contributed by atoms with Crippen LogP contribution in [0.1, 0.15) is 46.4 Å². The van der Waals surface area contributed by atoms with Gasteiger partial charge in [-0.3, -0.25) is 4.90 Å². The van der Waals surface area contributed by atoms with Crippen LogP contribution in [0.5, 0.6) is 0 Å². The van der Waals surface area contributed by atoms with Crippen LogP contribution in [-0.2, 0) is 0 Å². The minimum Gasteiger partial charge on any atom is -0.468 e. The van der Waals surface area contributed by atoms with Crippen molar-refractivity contribution in [3.8, 4) is 0 Å². The van der Waals surface area contributed by atoms with Crippen molar-refractivity contribution in [3.05, 3.63) is 24.2 Å². The molecule has 0 saturated heterocycles. The molecule has 2 N–H and O–H groups in total. The van der Waals surface area contributed by atoms with Gasteiger partial charge in [0, 0.05) is 12.1 Å². The smallest absolute Gasteiger partial charge is 0.122 e. The third-order valence-electron chi connectivity index (χ3n) is 3.64. The third-order valence-corrected chi connectivity index (χ3v) is 3.64. The van der Waals surface area contributed by atoms with Crippen LogP contribution in [0.4, 0.5) is 0 Å². The van der Waals surface area contributed by atoms with Crippen LogP contribution in [0.15, 0.2) is 22.8 Å². The van der Waals surface area contributed by atoms with Crippen molar-refractivity contribution in [3.63, 3.8) is 0 Å². The van der Waals surface area contributed by atoms with Crippen molar-refractivity contribution in [1.29, 1.82) is 0 Å². The van der Waals surface area contributed by atoms with Crippen LogP contribution in [-0.4, -0.2) is 24.0 Å². The lowest BCUT2D eigenvalue weighted by Crippen LogP contribution is -2.46. The second-order valence-corrected chi connectivity index (χ2v) is 6.03. The Morgan fingerprint density at radius 1 is 1.29 bits per heavy atom. The highest BCUT2D eigenvalue weighted by Crippen LogP contribution is 2.31. The minimum absolute atomic E-state index is 0.0379. The van der Waals surface area contributed by atoms with Crippen molar-refractivity contribution in [2.24, 2.45) is 11.1 Å². The maximum atomic E-state index is 6.11. The van der Waals surface area contributed by atoms with Gasteiger partial charge in [0.05, 0.1) is 12.3 Å². The Balaban J connectivity index is 2.93. The van der Waals surface area contributed by atoms with Gasteiger partial charge in [-0.25, -0.2) is 0 Å². The van der Waals surface area contributed by atoms with Crippen molar-refractivity contribution < 1.29 is 4.42 Å². The van der Waals surface area contributed by atoms with Gasteiger partial charge in [-0.1, -0.05) is 20.8 Å². The van der Waals surface area contributed by atoms with E-state index in [-0.39, 0.29) is 17.5 Å². The molecular formula is C14H26N2O. The molecule has 0 fully saturated rings. The summed E-state index contributed by atoms with van der Waals surface area (Å²) in [6, 6.07) is 4.50. The summed E-state index contributed by atoms with van der Waals surface area (Å²) in [6.07, 6.45) is 1.71. The van der Waals surface area contributed by atoms with E-state index in [4.69, 9.17) is 10.2 Å². The van der Waals surface area contributed by atoms with Gasteiger partial charge in [0.1, 0.15) is 5.76 Å². The largest absolute Gasteiger partial charge is 0.468 e. The second-order valence-electron chi connectivity index (χ2n) is 6.03. The van der Waals surface area contributed by atoms with E-state index in [2.05, 4.69) is 39.6 Å². The molecule has 0 aliphatic heterocycles. The fraction of sp³-hybridized carbons (Fsp3) is 0.714. The van der Waals surface area contributed by atoms with Gasteiger partial charge in [-0.2, -0.15) is 0 Å². The van der Waals surface area contributed by atoms with E-state index in [1.807, 2.05) is 19.1 Å². The molecule has 1 aromatic heterocycles. The number of hydrogen-bond donors (Lipinski definition) is 1. The van der Waals surface area contributed by atoms with Crippen LogP contribution < -0.4 is 5.73 Å². The monoisotopic (exact) mass is 238 g/mol. The van der Waals surface area contributed by atoms with E-state index in [1.54, 1.807) is 6.26 Å². The Morgan fingerprint density at radius 3 is 2.24 bits per heavy atom. The quantitative estimate of drug-likeness (QED) is 0.876. The van der Waals surface area contributed by atoms with Gasteiger partial charge >= 0.3 is 0 Å². The van der Waals surface area contributed by atoms with Crippen molar-refractivity contribution >= 4 is 0 Å². The highest BCUT2D eigenvalue weighted by atomic mass is 16.3. The van der Waals surface area contributed by atoms with E-state index >= 15 is 0 Å². The minimum atomic E-state index is 0.0379. The number of likely N-dealkylation sites (N-methyl/N-ethyl adjacent to an activating group) is 1. The summed E-state index contributed by atoms with van der Waals surface area (Å²) in [5, 5.41) is 0. The molecule has 0 amide bonds. The normalized spacial score (nSPS) is 18.1. The predicted octanol–water partition coefficient (Wildman–Crippen LogP) is 3.03. The first-order valence-electron chi connectivity index (χ1n) is 6.26. The molecule has 1 heterocycles. The highest BCUT2D eigenvalue weighted by Gasteiger charge is 2.32. The van der Waals surface area contributed by atoms with E-state index in [9.17, 15) is 0 Å². The van der Waals surface area contributed by atoms with Crippen LogP contribution >= 0.6 is 0 Å². The molecule has 17 heavy (non-hydrogen) atoms. The third kappa shape index (κ3) is 3.33. The Hall–Kier alpha value is -0.800. The predicted molar refractivity (Wildman–Crippen MR) is 71.8 cm³/mol. The fourth-order valence-corrected chi connectivity index (χ4v) is 2.14. The Morgan fingerprint density at radius 2 is 1.88 bits per heavy atom. The molecule has 3 atom stereocenters. The molecule has 0 aliphatic rings. The maximum absolute atomic E-state index is 6.11.